The lowest BCUT2D eigenvalue weighted by Gasteiger charge is -2.11. The molecule has 2 aromatic heterocycles. The van der Waals surface area contributed by atoms with Crippen molar-refractivity contribution in [2.24, 2.45) is 0 Å². The molecular weight excluding hydrogens is 467 g/mol. The van der Waals surface area contributed by atoms with E-state index in [1.165, 1.54) is 17.9 Å². The van der Waals surface area contributed by atoms with Crippen LogP contribution in [0.15, 0.2) is 42.7 Å². The van der Waals surface area contributed by atoms with Gasteiger partial charge in [-0.2, -0.15) is 13.2 Å². The van der Waals surface area contributed by atoms with Crippen molar-refractivity contribution in [1.29, 1.82) is 0 Å². The molecule has 0 amide bonds. The van der Waals surface area contributed by atoms with Crippen LogP contribution in [0.5, 0.6) is 17.4 Å². The third kappa shape index (κ3) is 7.11. The van der Waals surface area contributed by atoms with Gasteiger partial charge in [-0.3, -0.25) is 4.79 Å². The highest BCUT2D eigenvalue weighted by Gasteiger charge is 2.30. The van der Waals surface area contributed by atoms with Crippen LogP contribution in [0, 0.1) is 0 Å². The maximum absolute atomic E-state index is 12.8. The van der Waals surface area contributed by atoms with Crippen LogP contribution in [0.2, 0.25) is 0 Å². The second-order valence-electron chi connectivity index (χ2n) is 7.56. The predicted octanol–water partition coefficient (Wildman–Crippen LogP) is 4.72. The Kier molecular flexibility index (Phi) is 8.56. The Bertz CT molecular complexity index is 1130. The summed E-state index contributed by atoms with van der Waals surface area (Å²) in [6.45, 7) is 2.58. The van der Waals surface area contributed by atoms with Gasteiger partial charge in [0.25, 0.3) is 0 Å². The van der Waals surface area contributed by atoms with Crippen LogP contribution in [-0.4, -0.2) is 46.2 Å². The van der Waals surface area contributed by atoms with Crippen molar-refractivity contribution >= 4 is 5.97 Å². The standard InChI is InChI=1S/C24H26F3N3O5/c1-3-34-23-17(15-30(29-23)21-10-8-18(14-28-21)24(25,26)27)5-4-12-35-19-9-6-16(7-11-22(31)32)20(13-19)33-2/h6,8-10,13-15H,3-5,7,11-12H2,1-2H3,(H,31,32). The molecule has 0 fully saturated rings. The molecule has 8 nitrogen and oxygen atoms in total. The molecule has 1 N–H and O–H groups in total. The molecule has 1 aromatic carbocycles. The maximum Gasteiger partial charge on any atom is 0.417 e. The summed E-state index contributed by atoms with van der Waals surface area (Å²) >= 11 is 0. The first-order valence-corrected chi connectivity index (χ1v) is 11.0. The third-order valence-corrected chi connectivity index (χ3v) is 5.07. The molecule has 0 saturated heterocycles. The number of aliphatic carboxylic acids is 1. The monoisotopic (exact) mass is 493 g/mol. The molecule has 3 aromatic rings. The minimum Gasteiger partial charge on any atom is -0.496 e. The van der Waals surface area contributed by atoms with E-state index in [4.69, 9.17) is 19.3 Å². The Morgan fingerprint density at radius 3 is 2.54 bits per heavy atom. The molecule has 0 aliphatic carbocycles. The number of carbonyl (C=O) groups is 1. The van der Waals surface area contributed by atoms with Crippen LogP contribution in [-0.2, 0) is 23.8 Å². The van der Waals surface area contributed by atoms with E-state index in [1.807, 2.05) is 6.92 Å². The zero-order chi connectivity index (χ0) is 25.4. The van der Waals surface area contributed by atoms with Gasteiger partial charge in [0.1, 0.15) is 11.5 Å². The number of methoxy groups -OCH3 is 1. The fourth-order valence-corrected chi connectivity index (χ4v) is 3.35. The number of hydrogen-bond acceptors (Lipinski definition) is 6. The average Bonchev–Trinajstić information content (AvgIpc) is 3.23. The molecule has 35 heavy (non-hydrogen) atoms. The summed E-state index contributed by atoms with van der Waals surface area (Å²) < 4.78 is 56.5. The Morgan fingerprint density at radius 2 is 1.91 bits per heavy atom. The molecule has 0 atom stereocenters. The number of aryl methyl sites for hydroxylation is 2. The summed E-state index contributed by atoms with van der Waals surface area (Å²) in [7, 11) is 1.52. The average molecular weight is 493 g/mol. The zero-order valence-electron chi connectivity index (χ0n) is 19.3. The molecule has 0 spiro atoms. The van der Waals surface area contributed by atoms with E-state index in [9.17, 15) is 18.0 Å². The number of rotatable bonds is 12. The van der Waals surface area contributed by atoms with E-state index in [0.717, 1.165) is 23.4 Å². The summed E-state index contributed by atoms with van der Waals surface area (Å²) in [5.41, 5.74) is 0.731. The first-order valence-electron chi connectivity index (χ1n) is 11.0. The number of ether oxygens (including phenoxy) is 3. The van der Waals surface area contributed by atoms with Gasteiger partial charge in [-0.1, -0.05) is 6.07 Å². The van der Waals surface area contributed by atoms with Gasteiger partial charge in [-0.05, 0) is 49.9 Å². The van der Waals surface area contributed by atoms with E-state index >= 15 is 0 Å². The van der Waals surface area contributed by atoms with Crippen LogP contribution >= 0.6 is 0 Å². The molecule has 0 aliphatic heterocycles. The van der Waals surface area contributed by atoms with E-state index < -0.39 is 17.7 Å². The van der Waals surface area contributed by atoms with Crippen LogP contribution in [0.25, 0.3) is 5.82 Å². The summed E-state index contributed by atoms with van der Waals surface area (Å²) in [6.07, 6.45) is -0.461. The molecule has 2 heterocycles. The number of carboxylic acid groups (broad SMARTS) is 1. The first kappa shape index (κ1) is 25.9. The van der Waals surface area contributed by atoms with Gasteiger partial charge in [0.2, 0.25) is 5.88 Å². The largest absolute Gasteiger partial charge is 0.496 e. The highest BCUT2D eigenvalue weighted by Crippen LogP contribution is 2.29. The number of hydrogen-bond donors (Lipinski definition) is 1. The van der Waals surface area contributed by atoms with E-state index in [2.05, 4.69) is 10.1 Å². The van der Waals surface area contributed by atoms with Crippen LogP contribution in [0.3, 0.4) is 0 Å². The summed E-state index contributed by atoms with van der Waals surface area (Å²) in [5, 5.41) is 13.2. The van der Waals surface area contributed by atoms with Crippen molar-refractivity contribution in [2.45, 2.75) is 38.8 Å². The number of halogens is 3. The van der Waals surface area contributed by atoms with Crippen LogP contribution in [0.1, 0.15) is 36.5 Å². The number of aromatic nitrogens is 3. The summed E-state index contributed by atoms with van der Waals surface area (Å²) in [4.78, 5) is 14.7. The lowest BCUT2D eigenvalue weighted by Crippen LogP contribution is -2.07. The lowest BCUT2D eigenvalue weighted by atomic mass is 10.1. The Morgan fingerprint density at radius 1 is 1.11 bits per heavy atom. The molecule has 188 valence electrons. The molecule has 0 saturated carbocycles. The minimum absolute atomic E-state index is 0.00834. The fourth-order valence-electron chi connectivity index (χ4n) is 3.35. The molecule has 3 rings (SSSR count). The minimum atomic E-state index is -4.46. The smallest absolute Gasteiger partial charge is 0.417 e. The van der Waals surface area contributed by atoms with E-state index in [1.54, 1.807) is 24.4 Å². The molecular formula is C24H26F3N3O5. The van der Waals surface area contributed by atoms with Gasteiger partial charge in [0.15, 0.2) is 5.82 Å². The number of carboxylic acids is 1. The number of alkyl halides is 3. The lowest BCUT2D eigenvalue weighted by molar-refractivity contribution is -0.138. The van der Waals surface area contributed by atoms with Gasteiger partial charge in [-0.15, -0.1) is 5.10 Å². The second kappa shape index (κ2) is 11.6. The van der Waals surface area contributed by atoms with Gasteiger partial charge in [0.05, 0.1) is 25.9 Å². The van der Waals surface area contributed by atoms with Crippen molar-refractivity contribution in [2.75, 3.05) is 20.3 Å². The number of nitrogens with zero attached hydrogens (tertiary/aromatic N) is 3. The fraction of sp³-hybridized carbons (Fsp3) is 0.375. The van der Waals surface area contributed by atoms with Crippen molar-refractivity contribution < 1.29 is 37.3 Å². The highest BCUT2D eigenvalue weighted by molar-refractivity contribution is 5.67. The van der Waals surface area contributed by atoms with Gasteiger partial charge in [-0.25, -0.2) is 9.67 Å². The second-order valence-corrected chi connectivity index (χ2v) is 7.56. The first-order chi connectivity index (χ1) is 16.7. The SMILES string of the molecule is CCOc1nn(-c2ccc(C(F)(F)F)cn2)cc1CCCOc1ccc(CCC(=O)O)c(OC)c1. The normalized spacial score (nSPS) is 11.3. The highest BCUT2D eigenvalue weighted by atomic mass is 19.4. The van der Waals surface area contributed by atoms with E-state index in [0.29, 0.717) is 49.9 Å². The predicted molar refractivity (Wildman–Crippen MR) is 120 cm³/mol. The van der Waals surface area contributed by atoms with E-state index in [-0.39, 0.29) is 12.2 Å². The maximum atomic E-state index is 12.8. The molecule has 11 heteroatoms. The van der Waals surface area contributed by atoms with Crippen LogP contribution < -0.4 is 14.2 Å². The quantitative estimate of drug-likeness (QED) is 0.365. The summed E-state index contributed by atoms with van der Waals surface area (Å²) in [6, 6.07) is 7.48. The number of pyridine rings is 1. The van der Waals surface area contributed by atoms with Crippen molar-refractivity contribution in [3.8, 4) is 23.2 Å². The van der Waals surface area contributed by atoms with Crippen molar-refractivity contribution in [1.82, 2.24) is 14.8 Å². The van der Waals surface area contributed by atoms with Gasteiger partial charge in [0, 0.05) is 30.4 Å². The molecule has 0 bridgehead atoms. The van der Waals surface area contributed by atoms with Crippen molar-refractivity contribution in [3.05, 3.63) is 59.4 Å². The Hall–Kier alpha value is -3.76. The zero-order valence-corrected chi connectivity index (χ0v) is 19.3. The van der Waals surface area contributed by atoms with Gasteiger partial charge >= 0.3 is 12.1 Å². The molecule has 0 aliphatic rings. The third-order valence-electron chi connectivity index (χ3n) is 5.07. The number of benzene rings is 1. The van der Waals surface area contributed by atoms with Gasteiger partial charge < -0.3 is 19.3 Å². The molecule has 0 unspecified atom stereocenters. The topological polar surface area (TPSA) is 95.7 Å². The summed E-state index contributed by atoms with van der Waals surface area (Å²) in [5.74, 6) is 0.912. The molecule has 0 radical (unpaired) electrons. The Labute approximate surface area is 200 Å². The van der Waals surface area contributed by atoms with Crippen molar-refractivity contribution in [3.63, 3.8) is 0 Å². The van der Waals surface area contributed by atoms with Crippen LogP contribution in [0.4, 0.5) is 13.2 Å². The Balaban J connectivity index is 1.61.